The molecule has 5 rings (SSSR count). The third-order valence-corrected chi connectivity index (χ3v) is 6.28. The molecule has 3 aromatic heterocycles. The van der Waals surface area contributed by atoms with Gasteiger partial charge in [0.2, 0.25) is 0 Å². The van der Waals surface area contributed by atoms with Crippen LogP contribution in [0.5, 0.6) is 0 Å². The molecule has 0 radical (unpaired) electrons. The van der Waals surface area contributed by atoms with Gasteiger partial charge in [0.25, 0.3) is 11.5 Å². The molecule has 0 saturated heterocycles. The number of carbonyl (C=O) groups is 1. The van der Waals surface area contributed by atoms with Crippen LogP contribution in [0.4, 0.5) is 8.78 Å². The number of halogens is 2. The molecule has 4 aromatic rings. The number of fused-ring (bicyclic) bond motifs is 4. The van der Waals surface area contributed by atoms with Crippen molar-refractivity contribution in [1.82, 2.24) is 20.2 Å². The zero-order valence-corrected chi connectivity index (χ0v) is 16.1. The molecule has 29 heavy (non-hydrogen) atoms. The molecule has 1 amide bonds. The van der Waals surface area contributed by atoms with Gasteiger partial charge >= 0.3 is 0 Å². The molecular weight excluding hydrogens is 398 g/mol. The van der Waals surface area contributed by atoms with Crippen LogP contribution >= 0.6 is 11.3 Å². The van der Waals surface area contributed by atoms with E-state index in [2.05, 4.69) is 15.3 Å². The largest absolute Gasteiger partial charge is 0.350 e. The number of nitrogens with zero attached hydrogens (tertiary/aromatic N) is 1. The molecule has 1 aliphatic heterocycles. The predicted molar refractivity (Wildman–Crippen MR) is 107 cm³/mol. The van der Waals surface area contributed by atoms with Crippen LogP contribution in [-0.4, -0.2) is 34.4 Å². The SMILES string of the molecule is CN(C(=O)c1cc2sccc2[nH]1)[C@H]1CNCc2[nH]c(=O)c3cc(F)c(F)cc3c21. The summed E-state index contributed by atoms with van der Waals surface area (Å²) in [6.07, 6.45) is 0. The van der Waals surface area contributed by atoms with Crippen LogP contribution < -0.4 is 10.9 Å². The Morgan fingerprint density at radius 2 is 1.93 bits per heavy atom. The maximum Gasteiger partial charge on any atom is 0.270 e. The van der Waals surface area contributed by atoms with Gasteiger partial charge in [-0.3, -0.25) is 9.59 Å². The van der Waals surface area contributed by atoms with E-state index in [1.807, 2.05) is 11.4 Å². The van der Waals surface area contributed by atoms with E-state index in [-0.39, 0.29) is 11.3 Å². The van der Waals surface area contributed by atoms with E-state index in [1.165, 1.54) is 11.3 Å². The highest BCUT2D eigenvalue weighted by Gasteiger charge is 2.31. The lowest BCUT2D eigenvalue weighted by molar-refractivity contribution is 0.0718. The van der Waals surface area contributed by atoms with Crippen molar-refractivity contribution in [2.24, 2.45) is 0 Å². The predicted octanol–water partition coefficient (Wildman–Crippen LogP) is 3.27. The van der Waals surface area contributed by atoms with E-state index in [0.29, 0.717) is 35.4 Å². The van der Waals surface area contributed by atoms with Crippen LogP contribution in [0.15, 0.2) is 34.4 Å². The highest BCUT2D eigenvalue weighted by atomic mass is 32.1. The number of rotatable bonds is 2. The molecule has 0 fully saturated rings. The standard InChI is InChI=1S/C20H16F2N4O2S/c1-26(20(28)14-6-17-13(24-14)2-3-29-17)16-8-23-7-15-18(16)9-4-11(21)12(22)5-10(9)19(27)25-15/h2-6,16,23-24H,7-8H2,1H3,(H,25,27)/t16-/m0/s1. The summed E-state index contributed by atoms with van der Waals surface area (Å²) in [6.45, 7) is 0.792. The minimum Gasteiger partial charge on any atom is -0.350 e. The monoisotopic (exact) mass is 414 g/mol. The molecular formula is C20H16F2N4O2S. The van der Waals surface area contributed by atoms with Crippen LogP contribution in [0.1, 0.15) is 27.8 Å². The van der Waals surface area contributed by atoms with Crippen LogP contribution in [0.3, 0.4) is 0 Å². The van der Waals surface area contributed by atoms with Gasteiger partial charge in [-0.15, -0.1) is 11.3 Å². The highest BCUT2D eigenvalue weighted by Crippen LogP contribution is 2.33. The maximum atomic E-state index is 14.0. The van der Waals surface area contributed by atoms with Crippen molar-refractivity contribution in [2.45, 2.75) is 12.6 Å². The normalized spacial score (nSPS) is 16.3. The Kier molecular flexibility index (Phi) is 4.04. The summed E-state index contributed by atoms with van der Waals surface area (Å²) in [7, 11) is 1.66. The summed E-state index contributed by atoms with van der Waals surface area (Å²) in [5, 5.41) is 5.51. The number of likely N-dealkylation sites (N-methyl/N-ethyl adjacent to an activating group) is 1. The van der Waals surface area contributed by atoms with Crippen molar-refractivity contribution in [1.29, 1.82) is 0 Å². The van der Waals surface area contributed by atoms with Gasteiger partial charge < -0.3 is 20.2 Å². The molecule has 3 N–H and O–H groups in total. The Balaban J connectivity index is 1.63. The van der Waals surface area contributed by atoms with Crippen molar-refractivity contribution in [2.75, 3.05) is 13.6 Å². The number of pyridine rings is 1. The first-order chi connectivity index (χ1) is 13.9. The van der Waals surface area contributed by atoms with Crippen LogP contribution in [-0.2, 0) is 6.54 Å². The average Bonchev–Trinajstić information content (AvgIpc) is 3.30. The molecule has 1 aromatic carbocycles. The number of nitrogens with one attached hydrogen (secondary N) is 3. The first kappa shape index (κ1) is 18.0. The number of aromatic nitrogens is 2. The van der Waals surface area contributed by atoms with Crippen molar-refractivity contribution < 1.29 is 13.6 Å². The van der Waals surface area contributed by atoms with Gasteiger partial charge in [-0.05, 0) is 35.0 Å². The number of thiophene rings is 1. The first-order valence-electron chi connectivity index (χ1n) is 9.02. The van der Waals surface area contributed by atoms with E-state index >= 15 is 0 Å². The van der Waals surface area contributed by atoms with Crippen molar-refractivity contribution in [3.8, 4) is 0 Å². The molecule has 0 unspecified atom stereocenters. The van der Waals surface area contributed by atoms with Crippen LogP contribution in [0, 0.1) is 11.6 Å². The van der Waals surface area contributed by atoms with Gasteiger partial charge in [0.15, 0.2) is 11.6 Å². The number of H-pyrrole nitrogens is 2. The second kappa shape index (κ2) is 6.50. The molecule has 0 aliphatic carbocycles. The molecule has 9 heteroatoms. The lowest BCUT2D eigenvalue weighted by atomic mass is 9.93. The van der Waals surface area contributed by atoms with Crippen LogP contribution in [0.25, 0.3) is 21.0 Å². The van der Waals surface area contributed by atoms with Gasteiger partial charge in [-0.1, -0.05) is 0 Å². The Hall–Kier alpha value is -3.04. The van der Waals surface area contributed by atoms with Crippen molar-refractivity contribution >= 4 is 38.2 Å². The van der Waals surface area contributed by atoms with Gasteiger partial charge in [-0.25, -0.2) is 8.78 Å². The van der Waals surface area contributed by atoms with E-state index in [0.717, 1.165) is 22.3 Å². The lowest BCUT2D eigenvalue weighted by Gasteiger charge is -2.34. The molecule has 6 nitrogen and oxygen atoms in total. The average molecular weight is 414 g/mol. The van der Waals surface area contributed by atoms with Crippen molar-refractivity contribution in [3.63, 3.8) is 0 Å². The summed E-state index contributed by atoms with van der Waals surface area (Å²) in [5.41, 5.74) is 2.05. The molecule has 0 spiro atoms. The number of hydrogen-bond donors (Lipinski definition) is 3. The Bertz CT molecular complexity index is 1310. The number of amides is 1. The summed E-state index contributed by atoms with van der Waals surface area (Å²) >= 11 is 1.54. The minimum absolute atomic E-state index is 0.0655. The van der Waals surface area contributed by atoms with Crippen LogP contribution in [0.2, 0.25) is 0 Å². The topological polar surface area (TPSA) is 81.0 Å². The van der Waals surface area contributed by atoms with Gasteiger partial charge in [0.1, 0.15) is 5.69 Å². The first-order valence-corrected chi connectivity index (χ1v) is 9.90. The Morgan fingerprint density at radius 3 is 2.69 bits per heavy atom. The fraction of sp³-hybridized carbons (Fsp3) is 0.200. The summed E-state index contributed by atoms with van der Waals surface area (Å²) < 4.78 is 28.7. The lowest BCUT2D eigenvalue weighted by Crippen LogP contribution is -2.42. The maximum absolute atomic E-state index is 14.0. The zero-order valence-electron chi connectivity index (χ0n) is 15.3. The van der Waals surface area contributed by atoms with Gasteiger partial charge in [-0.2, -0.15) is 0 Å². The van der Waals surface area contributed by atoms with E-state index in [9.17, 15) is 18.4 Å². The Labute approximate surface area is 167 Å². The van der Waals surface area contributed by atoms with Gasteiger partial charge in [0, 0.05) is 31.4 Å². The van der Waals surface area contributed by atoms with E-state index in [4.69, 9.17) is 0 Å². The number of carbonyl (C=O) groups excluding carboxylic acids is 1. The van der Waals surface area contributed by atoms with Crippen molar-refractivity contribution in [3.05, 3.63) is 68.6 Å². The number of aromatic amines is 2. The molecule has 1 atom stereocenters. The summed E-state index contributed by atoms with van der Waals surface area (Å²) in [4.78, 5) is 32.9. The number of benzene rings is 1. The second-order valence-electron chi connectivity index (χ2n) is 7.10. The molecule has 148 valence electrons. The van der Waals surface area contributed by atoms with E-state index < -0.39 is 23.2 Å². The third kappa shape index (κ3) is 2.77. The van der Waals surface area contributed by atoms with E-state index in [1.54, 1.807) is 18.0 Å². The van der Waals surface area contributed by atoms with Gasteiger partial charge in [0.05, 0.1) is 21.6 Å². The fourth-order valence-corrected chi connectivity index (χ4v) is 4.76. The zero-order chi connectivity index (χ0) is 20.3. The highest BCUT2D eigenvalue weighted by molar-refractivity contribution is 7.17. The smallest absolute Gasteiger partial charge is 0.270 e. The molecule has 0 saturated carbocycles. The summed E-state index contributed by atoms with van der Waals surface area (Å²) in [6, 6.07) is 5.20. The second-order valence-corrected chi connectivity index (χ2v) is 8.05. The molecule has 1 aliphatic rings. The fourth-order valence-electron chi connectivity index (χ4n) is 3.97. The quantitative estimate of drug-likeness (QED) is 0.471. The molecule has 4 heterocycles. The molecule has 0 bridgehead atoms. The Morgan fingerprint density at radius 1 is 1.17 bits per heavy atom. The summed E-state index contributed by atoms with van der Waals surface area (Å²) in [5.74, 6) is -2.33. The number of hydrogen-bond acceptors (Lipinski definition) is 4. The third-order valence-electron chi connectivity index (χ3n) is 5.42. The minimum atomic E-state index is -1.08.